The second-order valence-corrected chi connectivity index (χ2v) is 5.04. The smallest absolute Gasteiger partial charge is 0.346 e. The average molecular weight is 279 g/mol. The van der Waals surface area contributed by atoms with Crippen molar-refractivity contribution in [2.75, 3.05) is 18.5 Å². The molecule has 1 aliphatic rings. The van der Waals surface area contributed by atoms with Crippen molar-refractivity contribution in [3.8, 4) is 5.75 Å². The zero-order valence-corrected chi connectivity index (χ0v) is 12.1. The lowest BCUT2D eigenvalue weighted by Crippen LogP contribution is -2.14. The predicted molar refractivity (Wildman–Crippen MR) is 76.4 cm³/mol. The van der Waals surface area contributed by atoms with Crippen molar-refractivity contribution in [3.05, 3.63) is 28.8 Å². The van der Waals surface area contributed by atoms with E-state index in [2.05, 4.69) is 5.32 Å². The van der Waals surface area contributed by atoms with Crippen molar-refractivity contribution in [1.82, 2.24) is 0 Å². The van der Waals surface area contributed by atoms with Crippen molar-refractivity contribution in [2.24, 2.45) is 0 Å². The number of carbonyl (C=O) groups excluding carboxylic acids is 1. The highest BCUT2D eigenvalue weighted by molar-refractivity contribution is 8.04. The molecule has 0 bridgehead atoms. The van der Waals surface area contributed by atoms with Crippen LogP contribution < -0.4 is 10.1 Å². The van der Waals surface area contributed by atoms with E-state index in [1.165, 1.54) is 11.8 Å². The molecule has 0 radical (unpaired) electrons. The van der Waals surface area contributed by atoms with E-state index >= 15 is 0 Å². The van der Waals surface area contributed by atoms with E-state index in [0.717, 1.165) is 22.0 Å². The fourth-order valence-electron chi connectivity index (χ4n) is 1.78. The van der Waals surface area contributed by atoms with Crippen molar-refractivity contribution >= 4 is 23.4 Å². The van der Waals surface area contributed by atoms with Crippen molar-refractivity contribution in [1.29, 1.82) is 0 Å². The van der Waals surface area contributed by atoms with Gasteiger partial charge in [-0.25, -0.2) is 4.79 Å². The van der Waals surface area contributed by atoms with E-state index in [9.17, 15) is 4.79 Å². The Bertz CT molecular complexity index is 525. The molecule has 5 heteroatoms. The average Bonchev–Trinajstić information content (AvgIpc) is 2.39. The summed E-state index contributed by atoms with van der Waals surface area (Å²) in [5, 5.41) is 3.22. The number of hydrogen-bond acceptors (Lipinski definition) is 5. The fourth-order valence-corrected chi connectivity index (χ4v) is 2.75. The zero-order chi connectivity index (χ0) is 13.8. The summed E-state index contributed by atoms with van der Waals surface area (Å²) >= 11 is 1.42. The maximum Gasteiger partial charge on any atom is 0.346 e. The van der Waals surface area contributed by atoms with Crippen LogP contribution in [0.2, 0.25) is 0 Å². The number of benzene rings is 1. The van der Waals surface area contributed by atoms with Crippen molar-refractivity contribution < 1.29 is 14.3 Å². The van der Waals surface area contributed by atoms with Gasteiger partial charge in [0.2, 0.25) is 0 Å². The Balaban J connectivity index is 2.25. The van der Waals surface area contributed by atoms with Crippen LogP contribution in [-0.2, 0) is 9.53 Å². The van der Waals surface area contributed by atoms with E-state index < -0.39 is 0 Å². The highest BCUT2D eigenvalue weighted by Gasteiger charge is 2.22. The first-order chi connectivity index (χ1) is 9.15. The molecule has 0 aromatic heterocycles. The molecule has 4 nitrogen and oxygen atoms in total. The Labute approximate surface area is 117 Å². The van der Waals surface area contributed by atoms with Crippen LogP contribution in [-0.4, -0.2) is 19.2 Å². The van der Waals surface area contributed by atoms with Gasteiger partial charge in [0.1, 0.15) is 10.7 Å². The van der Waals surface area contributed by atoms with Crippen LogP contribution >= 0.6 is 11.8 Å². The third-order valence-electron chi connectivity index (χ3n) is 2.60. The van der Waals surface area contributed by atoms with Gasteiger partial charge in [-0.2, -0.15) is 0 Å². The number of allylic oxidation sites excluding steroid dienone is 1. The Kier molecular flexibility index (Phi) is 4.37. The first kappa shape index (κ1) is 13.8. The summed E-state index contributed by atoms with van der Waals surface area (Å²) in [5.74, 6) is 0.517. The molecule has 1 aliphatic heterocycles. The summed E-state index contributed by atoms with van der Waals surface area (Å²) in [6.45, 7) is 6.62. The number of hydrogen-bond donors (Lipinski definition) is 1. The minimum atomic E-state index is -0.287. The van der Waals surface area contributed by atoms with Crippen molar-refractivity contribution in [2.45, 2.75) is 25.7 Å². The van der Waals surface area contributed by atoms with Gasteiger partial charge >= 0.3 is 5.97 Å². The largest absolute Gasteiger partial charge is 0.494 e. The topological polar surface area (TPSA) is 47.6 Å². The van der Waals surface area contributed by atoms with E-state index in [0.29, 0.717) is 18.1 Å². The molecular weight excluding hydrogens is 262 g/mol. The van der Waals surface area contributed by atoms with Crippen LogP contribution in [0.25, 0.3) is 0 Å². The van der Waals surface area contributed by atoms with Crippen LogP contribution in [0.3, 0.4) is 0 Å². The molecule has 0 unspecified atom stereocenters. The van der Waals surface area contributed by atoms with Crippen LogP contribution in [0.4, 0.5) is 5.69 Å². The SMILES string of the molecule is CCOC(=O)C1=C(C)Nc2ccc(OCC)cc2S1. The summed E-state index contributed by atoms with van der Waals surface area (Å²) in [6, 6.07) is 5.81. The molecule has 102 valence electrons. The van der Waals surface area contributed by atoms with Gasteiger partial charge in [0.15, 0.2) is 0 Å². The molecule has 1 N–H and O–H groups in total. The Hall–Kier alpha value is -1.62. The van der Waals surface area contributed by atoms with Gasteiger partial charge in [-0.1, -0.05) is 11.8 Å². The molecule has 0 amide bonds. The van der Waals surface area contributed by atoms with E-state index in [1.807, 2.05) is 32.0 Å². The van der Waals surface area contributed by atoms with Gasteiger partial charge in [-0.05, 0) is 39.0 Å². The van der Waals surface area contributed by atoms with Gasteiger partial charge in [0, 0.05) is 10.6 Å². The molecule has 1 aromatic rings. The number of nitrogens with one attached hydrogen (secondary N) is 1. The molecule has 2 rings (SSSR count). The second-order valence-electron chi connectivity index (χ2n) is 3.99. The highest BCUT2D eigenvalue weighted by atomic mass is 32.2. The fraction of sp³-hybridized carbons (Fsp3) is 0.357. The van der Waals surface area contributed by atoms with Crippen LogP contribution in [0, 0.1) is 0 Å². The number of fused-ring (bicyclic) bond motifs is 1. The molecule has 0 saturated carbocycles. The van der Waals surface area contributed by atoms with Gasteiger partial charge < -0.3 is 14.8 Å². The Morgan fingerprint density at radius 3 is 2.79 bits per heavy atom. The maximum atomic E-state index is 11.9. The lowest BCUT2D eigenvalue weighted by Gasteiger charge is -2.21. The van der Waals surface area contributed by atoms with Gasteiger partial charge in [0.25, 0.3) is 0 Å². The van der Waals surface area contributed by atoms with Crippen LogP contribution in [0.1, 0.15) is 20.8 Å². The lowest BCUT2D eigenvalue weighted by molar-refractivity contribution is -0.137. The molecule has 1 heterocycles. The van der Waals surface area contributed by atoms with E-state index in [1.54, 1.807) is 6.92 Å². The van der Waals surface area contributed by atoms with Crippen molar-refractivity contribution in [3.63, 3.8) is 0 Å². The summed E-state index contributed by atoms with van der Waals surface area (Å²) in [4.78, 5) is 13.4. The maximum absolute atomic E-state index is 11.9. The number of anilines is 1. The quantitative estimate of drug-likeness (QED) is 0.856. The van der Waals surface area contributed by atoms with E-state index in [4.69, 9.17) is 9.47 Å². The Morgan fingerprint density at radius 1 is 1.32 bits per heavy atom. The standard InChI is InChI=1S/C14H17NO3S/c1-4-17-10-6-7-11-12(8-10)19-13(9(3)15-11)14(16)18-5-2/h6-8,15H,4-5H2,1-3H3. The summed E-state index contributed by atoms with van der Waals surface area (Å²) < 4.78 is 10.5. The molecule has 0 saturated heterocycles. The minimum Gasteiger partial charge on any atom is -0.494 e. The number of carbonyl (C=O) groups is 1. The number of rotatable bonds is 4. The monoisotopic (exact) mass is 279 g/mol. The van der Waals surface area contributed by atoms with Crippen LogP contribution in [0.15, 0.2) is 33.7 Å². The number of esters is 1. The Morgan fingerprint density at radius 2 is 2.11 bits per heavy atom. The third-order valence-corrected chi connectivity index (χ3v) is 3.83. The summed E-state index contributed by atoms with van der Waals surface area (Å²) in [6.07, 6.45) is 0. The molecule has 0 aliphatic carbocycles. The first-order valence-corrected chi connectivity index (χ1v) is 7.07. The minimum absolute atomic E-state index is 0.287. The molecule has 1 aromatic carbocycles. The molecule has 0 atom stereocenters. The lowest BCUT2D eigenvalue weighted by atomic mass is 10.2. The first-order valence-electron chi connectivity index (χ1n) is 6.25. The number of ether oxygens (including phenoxy) is 2. The van der Waals surface area contributed by atoms with Gasteiger partial charge in [-0.15, -0.1) is 0 Å². The zero-order valence-electron chi connectivity index (χ0n) is 11.3. The predicted octanol–water partition coefficient (Wildman–Crippen LogP) is 3.40. The molecule has 0 fully saturated rings. The number of thioether (sulfide) groups is 1. The van der Waals surface area contributed by atoms with Gasteiger partial charge in [0.05, 0.1) is 18.9 Å². The third kappa shape index (κ3) is 3.04. The molecular formula is C14H17NO3S. The molecule has 19 heavy (non-hydrogen) atoms. The normalized spacial score (nSPS) is 13.6. The highest BCUT2D eigenvalue weighted by Crippen LogP contribution is 2.41. The summed E-state index contributed by atoms with van der Waals surface area (Å²) in [7, 11) is 0. The summed E-state index contributed by atoms with van der Waals surface area (Å²) in [5.41, 5.74) is 1.80. The second kappa shape index (κ2) is 6.02. The van der Waals surface area contributed by atoms with Crippen LogP contribution in [0.5, 0.6) is 5.75 Å². The van der Waals surface area contributed by atoms with E-state index in [-0.39, 0.29) is 5.97 Å². The van der Waals surface area contributed by atoms with Gasteiger partial charge in [-0.3, -0.25) is 0 Å². The molecule has 0 spiro atoms.